The van der Waals surface area contributed by atoms with E-state index < -0.39 is 0 Å². The van der Waals surface area contributed by atoms with E-state index in [4.69, 9.17) is 10.5 Å². The normalized spacial score (nSPS) is 21.5. The van der Waals surface area contributed by atoms with Crippen LogP contribution in [0.4, 0.5) is 5.69 Å². The Labute approximate surface area is 191 Å². The topological polar surface area (TPSA) is 56.3 Å². The number of imidazole rings is 1. The van der Waals surface area contributed by atoms with Gasteiger partial charge >= 0.3 is 0 Å². The summed E-state index contributed by atoms with van der Waals surface area (Å²) in [6, 6.07) is 8.97. The first kappa shape index (κ1) is 21.1. The Balaban J connectivity index is 1.22. The van der Waals surface area contributed by atoms with E-state index >= 15 is 0 Å². The highest BCUT2D eigenvalue weighted by Gasteiger charge is 2.39. The average Bonchev–Trinajstić information content (AvgIpc) is 3.45. The number of ether oxygens (including phenoxy) is 1. The van der Waals surface area contributed by atoms with Crippen LogP contribution in [0.1, 0.15) is 53.5 Å². The lowest BCUT2D eigenvalue weighted by atomic mass is 9.88. The number of fused-ring (bicyclic) bond motifs is 1. The number of nitrogens with two attached hydrogens (primary N) is 1. The first-order valence-electron chi connectivity index (χ1n) is 11.7. The van der Waals surface area contributed by atoms with Gasteiger partial charge in [-0.05, 0) is 93.9 Å². The lowest BCUT2D eigenvalue weighted by Gasteiger charge is -2.37. The van der Waals surface area contributed by atoms with Crippen molar-refractivity contribution < 1.29 is 4.74 Å². The number of piperidine rings is 1. The van der Waals surface area contributed by atoms with Crippen molar-refractivity contribution >= 4 is 5.69 Å². The molecule has 0 amide bonds. The van der Waals surface area contributed by atoms with Crippen molar-refractivity contribution in [3.05, 3.63) is 70.8 Å². The van der Waals surface area contributed by atoms with Gasteiger partial charge in [0.1, 0.15) is 11.4 Å². The Kier molecular flexibility index (Phi) is 5.25. The molecule has 1 fully saturated rings. The second-order valence-electron chi connectivity index (χ2n) is 9.94. The van der Waals surface area contributed by atoms with Gasteiger partial charge in [-0.15, -0.1) is 0 Å². The predicted octanol–water partition coefficient (Wildman–Crippen LogP) is 4.95. The highest BCUT2D eigenvalue weighted by Crippen LogP contribution is 2.44. The van der Waals surface area contributed by atoms with Gasteiger partial charge in [-0.25, -0.2) is 4.98 Å². The van der Waals surface area contributed by atoms with Crippen molar-refractivity contribution in [3.63, 3.8) is 0 Å². The van der Waals surface area contributed by atoms with Crippen molar-refractivity contribution in [3.8, 4) is 11.4 Å². The number of anilines is 1. The zero-order valence-corrected chi connectivity index (χ0v) is 19.7. The zero-order valence-electron chi connectivity index (χ0n) is 19.7. The predicted molar refractivity (Wildman–Crippen MR) is 130 cm³/mol. The number of nitrogens with zero attached hydrogens (tertiary/aromatic N) is 3. The quantitative estimate of drug-likeness (QED) is 0.595. The van der Waals surface area contributed by atoms with Crippen molar-refractivity contribution in [2.75, 3.05) is 25.4 Å². The molecule has 0 radical (unpaired) electrons. The minimum Gasteiger partial charge on any atom is -0.485 e. The van der Waals surface area contributed by atoms with Crippen LogP contribution in [-0.4, -0.2) is 39.7 Å². The standard InChI is InChI=1S/C27H34N4O/c1-18-19(2)26-24(20(3)25(18)28)15-27(4,32-26)16-30-12-9-22(10-13-30)21-5-7-23(8-6-21)31-14-11-29-17-31/h5-8,11,14,17,22H,9-10,12-13,15-16,28H2,1-4H3. The maximum absolute atomic E-state index is 6.60. The molecule has 3 heterocycles. The van der Waals surface area contributed by atoms with Gasteiger partial charge in [0.25, 0.3) is 0 Å². The number of hydrogen-bond acceptors (Lipinski definition) is 4. The fourth-order valence-electron chi connectivity index (χ4n) is 5.54. The van der Waals surface area contributed by atoms with E-state index in [1.807, 2.05) is 23.3 Å². The van der Waals surface area contributed by atoms with Gasteiger partial charge in [-0.1, -0.05) is 12.1 Å². The van der Waals surface area contributed by atoms with E-state index in [-0.39, 0.29) is 5.60 Å². The maximum Gasteiger partial charge on any atom is 0.127 e. The molecule has 1 unspecified atom stereocenters. The summed E-state index contributed by atoms with van der Waals surface area (Å²) in [6.07, 6.45) is 8.96. The van der Waals surface area contributed by atoms with Gasteiger partial charge in [0, 0.05) is 42.3 Å². The van der Waals surface area contributed by atoms with Gasteiger partial charge in [0.05, 0.1) is 6.33 Å². The monoisotopic (exact) mass is 430 g/mol. The molecular formula is C27H34N4O. The Morgan fingerprint density at radius 3 is 2.44 bits per heavy atom. The number of nitrogen functional groups attached to an aromatic ring is 1. The van der Waals surface area contributed by atoms with E-state index in [0.717, 1.165) is 48.7 Å². The number of likely N-dealkylation sites (tertiary alicyclic amines) is 1. The van der Waals surface area contributed by atoms with Gasteiger partial charge in [0.15, 0.2) is 0 Å². The van der Waals surface area contributed by atoms with E-state index in [9.17, 15) is 0 Å². The molecule has 2 N–H and O–H groups in total. The molecule has 5 rings (SSSR count). The minimum absolute atomic E-state index is 0.183. The Bertz CT molecular complexity index is 1070. The van der Waals surface area contributed by atoms with Crippen LogP contribution in [0.2, 0.25) is 0 Å². The number of aromatic nitrogens is 2. The largest absolute Gasteiger partial charge is 0.485 e. The third-order valence-electron chi connectivity index (χ3n) is 7.65. The number of rotatable bonds is 4. The maximum atomic E-state index is 6.60. The van der Waals surface area contributed by atoms with E-state index in [1.165, 1.54) is 35.1 Å². The van der Waals surface area contributed by atoms with Gasteiger partial charge in [-0.3, -0.25) is 4.90 Å². The van der Waals surface area contributed by atoms with Crippen LogP contribution in [0, 0.1) is 20.8 Å². The summed E-state index contributed by atoms with van der Waals surface area (Å²) in [4.78, 5) is 6.73. The van der Waals surface area contributed by atoms with E-state index in [2.05, 4.69) is 61.8 Å². The molecule has 0 aliphatic carbocycles. The van der Waals surface area contributed by atoms with Crippen LogP contribution >= 0.6 is 0 Å². The molecule has 0 saturated carbocycles. The van der Waals surface area contributed by atoms with Crippen molar-refractivity contribution in [2.24, 2.45) is 0 Å². The van der Waals surface area contributed by atoms with Crippen molar-refractivity contribution in [1.29, 1.82) is 0 Å². The van der Waals surface area contributed by atoms with Crippen molar-refractivity contribution in [1.82, 2.24) is 14.5 Å². The summed E-state index contributed by atoms with van der Waals surface area (Å²) in [7, 11) is 0. The summed E-state index contributed by atoms with van der Waals surface area (Å²) in [5, 5.41) is 0. The summed E-state index contributed by atoms with van der Waals surface area (Å²) < 4.78 is 8.65. The van der Waals surface area contributed by atoms with E-state index in [1.54, 1.807) is 0 Å². The van der Waals surface area contributed by atoms with Crippen LogP contribution in [0.5, 0.6) is 5.75 Å². The fourth-order valence-corrected chi connectivity index (χ4v) is 5.54. The third kappa shape index (κ3) is 3.69. The summed E-state index contributed by atoms with van der Waals surface area (Å²) in [5.74, 6) is 1.70. The summed E-state index contributed by atoms with van der Waals surface area (Å²) in [5.41, 5.74) is 14.6. The lowest BCUT2D eigenvalue weighted by Crippen LogP contribution is -2.47. The highest BCUT2D eigenvalue weighted by atomic mass is 16.5. The first-order valence-corrected chi connectivity index (χ1v) is 11.7. The first-order chi connectivity index (χ1) is 15.3. The lowest BCUT2D eigenvalue weighted by molar-refractivity contribution is 0.0523. The molecule has 3 aromatic rings. The molecular weight excluding hydrogens is 396 g/mol. The molecule has 2 aromatic carbocycles. The molecule has 1 atom stereocenters. The van der Waals surface area contributed by atoms with Gasteiger partial charge < -0.3 is 15.0 Å². The summed E-state index contributed by atoms with van der Waals surface area (Å²) in [6.45, 7) is 11.8. The molecule has 0 bridgehead atoms. The van der Waals surface area contributed by atoms with Crippen LogP contribution in [0.3, 0.4) is 0 Å². The average molecular weight is 431 g/mol. The highest BCUT2D eigenvalue weighted by molar-refractivity contribution is 5.66. The zero-order chi connectivity index (χ0) is 22.5. The molecule has 168 valence electrons. The SMILES string of the molecule is Cc1c(C)c2c(c(C)c1N)CC(C)(CN1CCC(c3ccc(-n4ccnc4)cc3)CC1)O2. The summed E-state index contributed by atoms with van der Waals surface area (Å²) >= 11 is 0. The Hall–Kier alpha value is -2.79. The molecule has 5 heteroatoms. The molecule has 1 saturated heterocycles. The Morgan fingerprint density at radius 1 is 1.06 bits per heavy atom. The van der Waals surface area contributed by atoms with Gasteiger partial charge in [-0.2, -0.15) is 0 Å². The molecule has 32 heavy (non-hydrogen) atoms. The second-order valence-corrected chi connectivity index (χ2v) is 9.94. The molecule has 1 aromatic heterocycles. The molecule has 5 nitrogen and oxygen atoms in total. The molecule has 2 aliphatic heterocycles. The number of benzene rings is 2. The smallest absolute Gasteiger partial charge is 0.127 e. The van der Waals surface area contributed by atoms with Crippen LogP contribution in [0.25, 0.3) is 5.69 Å². The minimum atomic E-state index is -0.183. The molecule has 0 spiro atoms. The fraction of sp³-hybridized carbons (Fsp3) is 0.444. The van der Waals surface area contributed by atoms with Gasteiger partial charge in [0.2, 0.25) is 0 Å². The number of hydrogen-bond donors (Lipinski definition) is 1. The third-order valence-corrected chi connectivity index (χ3v) is 7.65. The van der Waals surface area contributed by atoms with Crippen LogP contribution < -0.4 is 10.5 Å². The van der Waals surface area contributed by atoms with Crippen LogP contribution in [0.15, 0.2) is 43.0 Å². The molecule has 2 aliphatic rings. The van der Waals surface area contributed by atoms with Crippen molar-refractivity contribution in [2.45, 2.75) is 58.5 Å². The van der Waals surface area contributed by atoms with Crippen LogP contribution in [-0.2, 0) is 6.42 Å². The van der Waals surface area contributed by atoms with E-state index in [0.29, 0.717) is 5.92 Å². The second kappa shape index (κ2) is 7.96. The Morgan fingerprint density at radius 2 is 1.78 bits per heavy atom.